The van der Waals surface area contributed by atoms with Gasteiger partial charge >= 0.3 is 0 Å². The number of aromatic hydroxyl groups is 1. The Morgan fingerprint density at radius 3 is 2.97 bits per heavy atom. The van der Waals surface area contributed by atoms with Crippen LogP contribution < -0.4 is 10.6 Å². The molecule has 4 rings (SSSR count). The number of rotatable bonds is 6. The summed E-state index contributed by atoms with van der Waals surface area (Å²) < 4.78 is 18.9. The third-order valence-electron chi connectivity index (χ3n) is 5.14. The molecule has 8 nitrogen and oxygen atoms in total. The maximum absolute atomic E-state index is 13.5. The molecule has 1 saturated heterocycles. The lowest BCUT2D eigenvalue weighted by atomic mass is 10.2. The number of hydrogen-bond donors (Lipinski definition) is 3. The number of phenols is 1. The number of nitrogens with one attached hydrogen (secondary N) is 2. The standard InChI is InChI=1S/C23H23ClFN5O3/c24-17-11-15(4-5-18(17)25)28-23-16-12-20(21(31)13-19(16)26-14-27-23)29-22(32)3-1-6-30-7-2-9-33-10-8-30/h1,3-5,11-14,31H,2,6-10H2,(H,29,32)(H,26,27,28)/b3-1+. The number of anilines is 3. The van der Waals surface area contributed by atoms with E-state index in [4.69, 9.17) is 16.3 Å². The monoisotopic (exact) mass is 471 g/mol. The van der Waals surface area contributed by atoms with Gasteiger partial charge in [0.15, 0.2) is 0 Å². The molecule has 10 heteroatoms. The molecule has 0 spiro atoms. The van der Waals surface area contributed by atoms with Crippen LogP contribution in [0.2, 0.25) is 5.02 Å². The number of benzene rings is 2. The summed E-state index contributed by atoms with van der Waals surface area (Å²) in [7, 11) is 0. The first-order valence-corrected chi connectivity index (χ1v) is 10.8. The Hall–Kier alpha value is -3.27. The molecule has 33 heavy (non-hydrogen) atoms. The van der Waals surface area contributed by atoms with E-state index in [1.165, 1.54) is 36.7 Å². The minimum Gasteiger partial charge on any atom is -0.506 e. The molecule has 3 N–H and O–H groups in total. The molecule has 0 atom stereocenters. The van der Waals surface area contributed by atoms with Gasteiger partial charge < -0.3 is 20.5 Å². The van der Waals surface area contributed by atoms with Crippen molar-refractivity contribution >= 4 is 45.6 Å². The summed E-state index contributed by atoms with van der Waals surface area (Å²) in [6.07, 6.45) is 5.53. The predicted octanol–water partition coefficient (Wildman–Crippen LogP) is 4.09. The van der Waals surface area contributed by atoms with Gasteiger partial charge in [-0.15, -0.1) is 0 Å². The molecule has 1 aromatic heterocycles. The third-order valence-corrected chi connectivity index (χ3v) is 5.43. The van der Waals surface area contributed by atoms with E-state index < -0.39 is 5.82 Å². The Kier molecular flexibility index (Phi) is 7.33. The van der Waals surface area contributed by atoms with E-state index in [0.717, 1.165) is 26.1 Å². The Morgan fingerprint density at radius 2 is 2.12 bits per heavy atom. The number of hydrogen-bond acceptors (Lipinski definition) is 7. The van der Waals surface area contributed by atoms with E-state index in [0.29, 0.717) is 35.6 Å². The zero-order chi connectivity index (χ0) is 23.2. The van der Waals surface area contributed by atoms with Gasteiger partial charge in [-0.1, -0.05) is 17.7 Å². The van der Waals surface area contributed by atoms with E-state index >= 15 is 0 Å². The average molecular weight is 472 g/mol. The lowest BCUT2D eigenvalue weighted by Crippen LogP contribution is -2.26. The highest BCUT2D eigenvalue weighted by molar-refractivity contribution is 6.31. The summed E-state index contributed by atoms with van der Waals surface area (Å²) >= 11 is 5.86. The van der Waals surface area contributed by atoms with Crippen molar-refractivity contribution in [2.24, 2.45) is 0 Å². The summed E-state index contributed by atoms with van der Waals surface area (Å²) in [5.74, 6) is -0.602. The van der Waals surface area contributed by atoms with Gasteiger partial charge in [0.25, 0.3) is 0 Å². The number of halogens is 2. The summed E-state index contributed by atoms with van der Waals surface area (Å²) in [4.78, 5) is 23.0. The van der Waals surface area contributed by atoms with Crippen LogP contribution in [0.1, 0.15) is 6.42 Å². The van der Waals surface area contributed by atoms with Crippen LogP contribution in [0.25, 0.3) is 10.9 Å². The Balaban J connectivity index is 1.49. The second-order valence-electron chi connectivity index (χ2n) is 7.52. The fraction of sp³-hybridized carbons (Fsp3) is 0.261. The van der Waals surface area contributed by atoms with Crippen LogP contribution in [-0.4, -0.2) is 58.7 Å². The molecule has 0 radical (unpaired) electrons. The molecule has 172 valence electrons. The zero-order valence-electron chi connectivity index (χ0n) is 17.7. The van der Waals surface area contributed by atoms with E-state index in [-0.39, 0.29) is 22.4 Å². The highest BCUT2D eigenvalue weighted by Gasteiger charge is 2.12. The number of nitrogens with zero attached hydrogens (tertiary/aromatic N) is 3. The van der Waals surface area contributed by atoms with Gasteiger partial charge in [-0.2, -0.15) is 0 Å². The van der Waals surface area contributed by atoms with Gasteiger partial charge in [-0.3, -0.25) is 9.69 Å². The lowest BCUT2D eigenvalue weighted by molar-refractivity contribution is -0.111. The molecule has 3 aromatic rings. The van der Waals surface area contributed by atoms with Crippen LogP contribution in [0.15, 0.2) is 48.8 Å². The van der Waals surface area contributed by atoms with Crippen molar-refractivity contribution in [3.8, 4) is 5.75 Å². The molecule has 1 aliphatic heterocycles. The molecule has 1 fully saturated rings. The minimum atomic E-state index is -0.526. The first-order valence-electron chi connectivity index (χ1n) is 10.5. The van der Waals surface area contributed by atoms with E-state index in [2.05, 4.69) is 25.5 Å². The number of phenolic OH excluding ortho intramolecular Hbond substituents is 1. The Morgan fingerprint density at radius 1 is 1.24 bits per heavy atom. The van der Waals surface area contributed by atoms with Gasteiger partial charge in [-0.05, 0) is 30.7 Å². The van der Waals surface area contributed by atoms with Gasteiger partial charge in [0.1, 0.15) is 23.7 Å². The fourth-order valence-electron chi connectivity index (χ4n) is 3.47. The van der Waals surface area contributed by atoms with E-state index in [1.807, 2.05) is 0 Å². The number of fused-ring (bicyclic) bond motifs is 1. The highest BCUT2D eigenvalue weighted by atomic mass is 35.5. The minimum absolute atomic E-state index is 0.0246. The molecule has 2 heterocycles. The van der Waals surface area contributed by atoms with Crippen molar-refractivity contribution in [2.45, 2.75) is 6.42 Å². The molecule has 1 amide bonds. The molecular formula is C23H23ClFN5O3. The van der Waals surface area contributed by atoms with Crippen LogP contribution >= 0.6 is 11.6 Å². The summed E-state index contributed by atoms with van der Waals surface area (Å²) in [6.45, 7) is 3.84. The second kappa shape index (κ2) is 10.6. The number of amides is 1. The third kappa shape index (κ3) is 5.95. The summed E-state index contributed by atoms with van der Waals surface area (Å²) in [5, 5.41) is 16.6. The largest absolute Gasteiger partial charge is 0.506 e. The van der Waals surface area contributed by atoms with Crippen LogP contribution in [0, 0.1) is 5.82 Å². The average Bonchev–Trinajstić information content (AvgIpc) is 3.06. The SMILES string of the molecule is O=C(/C=C/CN1CCCOCC1)Nc1cc2c(Nc3ccc(F)c(Cl)c3)ncnc2cc1O. The maximum atomic E-state index is 13.5. The quantitative estimate of drug-likeness (QED) is 0.368. The molecular weight excluding hydrogens is 449 g/mol. The molecule has 0 saturated carbocycles. The number of ether oxygens (including phenoxy) is 1. The fourth-order valence-corrected chi connectivity index (χ4v) is 3.65. The van der Waals surface area contributed by atoms with Crippen molar-refractivity contribution in [3.05, 3.63) is 59.7 Å². The number of aromatic nitrogens is 2. The molecule has 0 bridgehead atoms. The molecule has 2 aromatic carbocycles. The zero-order valence-corrected chi connectivity index (χ0v) is 18.5. The van der Waals surface area contributed by atoms with Gasteiger partial charge in [-0.25, -0.2) is 14.4 Å². The molecule has 0 aliphatic carbocycles. The Labute approximate surface area is 195 Å². The summed E-state index contributed by atoms with van der Waals surface area (Å²) in [6, 6.07) is 7.23. The van der Waals surface area contributed by atoms with Crippen molar-refractivity contribution in [3.63, 3.8) is 0 Å². The topological polar surface area (TPSA) is 99.6 Å². The van der Waals surface area contributed by atoms with Crippen molar-refractivity contribution < 1.29 is 19.0 Å². The van der Waals surface area contributed by atoms with E-state index in [9.17, 15) is 14.3 Å². The van der Waals surface area contributed by atoms with Gasteiger partial charge in [0.2, 0.25) is 5.91 Å². The maximum Gasteiger partial charge on any atom is 0.248 e. The number of carbonyl (C=O) groups is 1. The van der Waals surface area contributed by atoms with Crippen LogP contribution in [-0.2, 0) is 9.53 Å². The molecule has 1 aliphatic rings. The second-order valence-corrected chi connectivity index (χ2v) is 7.93. The van der Waals surface area contributed by atoms with Crippen LogP contribution in [0.3, 0.4) is 0 Å². The first-order chi connectivity index (χ1) is 16.0. The Bertz CT molecular complexity index is 1180. The van der Waals surface area contributed by atoms with E-state index in [1.54, 1.807) is 12.1 Å². The normalized spacial score (nSPS) is 15.0. The highest BCUT2D eigenvalue weighted by Crippen LogP contribution is 2.32. The van der Waals surface area contributed by atoms with Crippen molar-refractivity contribution in [1.82, 2.24) is 14.9 Å². The number of carbonyl (C=O) groups excluding carboxylic acids is 1. The van der Waals surface area contributed by atoms with Gasteiger partial charge in [0, 0.05) is 49.5 Å². The smallest absolute Gasteiger partial charge is 0.248 e. The molecule has 0 unspecified atom stereocenters. The summed E-state index contributed by atoms with van der Waals surface area (Å²) in [5.41, 5.74) is 1.22. The van der Waals surface area contributed by atoms with Crippen molar-refractivity contribution in [1.29, 1.82) is 0 Å². The van der Waals surface area contributed by atoms with Gasteiger partial charge in [0.05, 0.1) is 22.8 Å². The van der Waals surface area contributed by atoms with Crippen LogP contribution in [0.5, 0.6) is 5.75 Å². The predicted molar refractivity (Wildman–Crippen MR) is 126 cm³/mol. The first kappa shape index (κ1) is 22.9. The van der Waals surface area contributed by atoms with Crippen LogP contribution in [0.4, 0.5) is 21.6 Å². The van der Waals surface area contributed by atoms with Crippen molar-refractivity contribution in [2.75, 3.05) is 43.5 Å². The lowest BCUT2D eigenvalue weighted by Gasteiger charge is -2.16.